The number of nitrogens with two attached hydrogens (primary N) is 1. The number of carbonyl (C=O) groups excluding carboxylic acids is 2. The summed E-state index contributed by atoms with van der Waals surface area (Å²) in [6.45, 7) is 13.7. The van der Waals surface area contributed by atoms with Crippen molar-refractivity contribution in [3.05, 3.63) is 97.8 Å². The Morgan fingerprint density at radius 3 is 2.37 bits per heavy atom. The van der Waals surface area contributed by atoms with E-state index in [9.17, 15) is 19.6 Å². The number of hydrogen-bond donors (Lipinski definition) is 2. The summed E-state index contributed by atoms with van der Waals surface area (Å²) in [5.74, 6) is -1.37. The second-order valence-corrected chi connectivity index (χ2v) is 13.0. The van der Waals surface area contributed by atoms with Gasteiger partial charge in [0, 0.05) is 42.2 Å². The predicted molar refractivity (Wildman–Crippen MR) is 173 cm³/mol. The minimum atomic E-state index is -1.38. The molecule has 0 aromatic heterocycles. The van der Waals surface area contributed by atoms with Gasteiger partial charge in [-0.1, -0.05) is 68.0 Å². The van der Waals surface area contributed by atoms with E-state index in [-0.39, 0.29) is 45.9 Å². The summed E-state index contributed by atoms with van der Waals surface area (Å²) in [5, 5.41) is 15.5. The number of hydrogen-bond acceptors (Lipinski definition) is 7. The minimum absolute atomic E-state index is 0.0411. The SMILES string of the molecule is C=C(N)C1=C(C)[C@@H](CC)[C@]2(C)C[C@@H]3Cc4c(N(C)C)cc(/C=C/c5ccc(C)cc5)c(N=O)c4C(=O)C3=C(O)[C@]2(C)C1=O. The molecule has 0 fully saturated rings. The molecule has 3 aliphatic rings. The van der Waals surface area contributed by atoms with Crippen LogP contribution in [0.25, 0.3) is 12.2 Å². The van der Waals surface area contributed by atoms with Crippen LogP contribution in [0.5, 0.6) is 0 Å². The molecule has 0 heterocycles. The maximum Gasteiger partial charge on any atom is 0.195 e. The smallest absolute Gasteiger partial charge is 0.195 e. The number of allylic oxidation sites excluding steroid dienone is 4. The fourth-order valence-corrected chi connectivity index (χ4v) is 8.15. The summed E-state index contributed by atoms with van der Waals surface area (Å²) in [6, 6.07) is 9.88. The van der Waals surface area contributed by atoms with Crippen molar-refractivity contribution in [2.75, 3.05) is 19.0 Å². The molecule has 43 heavy (non-hydrogen) atoms. The van der Waals surface area contributed by atoms with Crippen molar-refractivity contribution < 1.29 is 14.7 Å². The van der Waals surface area contributed by atoms with Crippen LogP contribution >= 0.6 is 0 Å². The Hall–Kier alpha value is -4.26. The Morgan fingerprint density at radius 2 is 1.81 bits per heavy atom. The van der Waals surface area contributed by atoms with E-state index in [0.29, 0.717) is 24.0 Å². The quantitative estimate of drug-likeness (QED) is 0.269. The standard InChI is InChI=1S/C36H41N3O4/c1-9-26-20(3)28(21(4)37)33(41)36(6)34(42)29-24(18-35(26,36)5)16-25-27(39(7)8)17-23(31(38-43)30(25)32(29)40)15-14-22-12-10-19(2)11-13-22/h10-15,17,24,26,42H,4,9,16,18,37H2,1-3,5-8H3/b15-14+/t24-,26+,35-,36-/m0/s1. The van der Waals surface area contributed by atoms with Gasteiger partial charge in [0.2, 0.25) is 0 Å². The molecule has 224 valence electrons. The molecule has 5 rings (SSSR count). The first kappa shape index (κ1) is 30.2. The van der Waals surface area contributed by atoms with E-state index in [2.05, 4.69) is 25.6 Å². The van der Waals surface area contributed by atoms with E-state index in [1.165, 1.54) is 0 Å². The fraction of sp³-hybridized carbons (Fsp3) is 0.389. The van der Waals surface area contributed by atoms with Crippen molar-refractivity contribution in [3.63, 3.8) is 0 Å². The van der Waals surface area contributed by atoms with Crippen LogP contribution < -0.4 is 10.6 Å². The van der Waals surface area contributed by atoms with Crippen LogP contribution in [0.1, 0.15) is 73.1 Å². The van der Waals surface area contributed by atoms with E-state index >= 15 is 0 Å². The molecule has 0 saturated carbocycles. The van der Waals surface area contributed by atoms with Crippen LogP contribution in [0.2, 0.25) is 0 Å². The number of aliphatic hydroxyl groups is 1. The largest absolute Gasteiger partial charge is 0.511 e. The van der Waals surface area contributed by atoms with Crippen molar-refractivity contribution in [2.45, 2.75) is 53.9 Å². The van der Waals surface area contributed by atoms with Crippen molar-refractivity contribution in [1.29, 1.82) is 0 Å². The number of benzene rings is 2. The summed E-state index contributed by atoms with van der Waals surface area (Å²) in [5.41, 5.74) is 10.1. The minimum Gasteiger partial charge on any atom is -0.511 e. The van der Waals surface area contributed by atoms with Gasteiger partial charge in [0.25, 0.3) is 0 Å². The first-order chi connectivity index (χ1) is 20.2. The highest BCUT2D eigenvalue weighted by Gasteiger charge is 2.65. The zero-order chi connectivity index (χ0) is 31.6. The zero-order valence-electron chi connectivity index (χ0n) is 26.2. The average Bonchev–Trinajstić information content (AvgIpc) is 2.94. The number of aryl methyl sites for hydroxylation is 1. The second kappa shape index (κ2) is 10.5. The number of carbonyl (C=O) groups is 2. The molecule has 0 radical (unpaired) electrons. The first-order valence-corrected chi connectivity index (χ1v) is 14.9. The number of nitrogens with zero attached hydrogens (tertiary/aromatic N) is 2. The van der Waals surface area contributed by atoms with Gasteiger partial charge in [-0.2, -0.15) is 0 Å². The van der Waals surface area contributed by atoms with Crippen molar-refractivity contribution in [1.82, 2.24) is 0 Å². The average molecular weight is 580 g/mol. The van der Waals surface area contributed by atoms with E-state index in [4.69, 9.17) is 5.73 Å². The van der Waals surface area contributed by atoms with Gasteiger partial charge in [-0.3, -0.25) is 9.59 Å². The molecule has 0 spiro atoms. The van der Waals surface area contributed by atoms with Crippen LogP contribution in [0.15, 0.2) is 70.3 Å². The maximum atomic E-state index is 14.5. The molecule has 7 heteroatoms. The third-order valence-electron chi connectivity index (χ3n) is 10.5. The predicted octanol–water partition coefficient (Wildman–Crippen LogP) is 7.61. The number of rotatable bonds is 6. The Kier molecular flexibility index (Phi) is 7.36. The molecule has 2 aromatic rings. The lowest BCUT2D eigenvalue weighted by Gasteiger charge is -2.58. The Morgan fingerprint density at radius 1 is 1.16 bits per heavy atom. The summed E-state index contributed by atoms with van der Waals surface area (Å²) in [7, 11) is 3.82. The van der Waals surface area contributed by atoms with Gasteiger partial charge in [-0.15, -0.1) is 4.91 Å². The lowest BCUT2D eigenvalue weighted by atomic mass is 9.44. The van der Waals surface area contributed by atoms with Crippen molar-refractivity contribution >= 4 is 35.1 Å². The topological polar surface area (TPSA) is 113 Å². The molecule has 3 aliphatic carbocycles. The Bertz CT molecular complexity index is 1680. The van der Waals surface area contributed by atoms with Crippen LogP contribution in [-0.4, -0.2) is 30.8 Å². The van der Waals surface area contributed by atoms with Gasteiger partial charge in [-0.05, 0) is 79.7 Å². The van der Waals surface area contributed by atoms with Crippen LogP contribution in [0.4, 0.5) is 11.4 Å². The lowest BCUT2D eigenvalue weighted by molar-refractivity contribution is -0.138. The number of nitroso groups, excluding NO2 is 1. The van der Waals surface area contributed by atoms with Crippen LogP contribution in [0, 0.1) is 34.5 Å². The fourth-order valence-electron chi connectivity index (χ4n) is 8.15. The Balaban J connectivity index is 1.74. The highest BCUT2D eigenvalue weighted by molar-refractivity contribution is 6.18. The second-order valence-electron chi connectivity index (χ2n) is 13.0. The Labute approximate surface area is 253 Å². The summed E-state index contributed by atoms with van der Waals surface area (Å²) in [4.78, 5) is 43.1. The molecule has 0 saturated heterocycles. The van der Waals surface area contributed by atoms with E-state index in [0.717, 1.165) is 34.4 Å². The molecule has 4 atom stereocenters. The molecule has 3 N–H and O–H groups in total. The van der Waals surface area contributed by atoms with E-state index in [1.54, 1.807) is 13.0 Å². The number of ketones is 2. The highest BCUT2D eigenvalue weighted by atomic mass is 16.3. The third kappa shape index (κ3) is 4.23. The molecule has 0 amide bonds. The summed E-state index contributed by atoms with van der Waals surface area (Å²) >= 11 is 0. The van der Waals surface area contributed by atoms with Gasteiger partial charge in [0.1, 0.15) is 11.4 Å². The molecule has 0 unspecified atom stereocenters. The van der Waals surface area contributed by atoms with E-state index < -0.39 is 16.6 Å². The number of Topliss-reactive ketones (excluding diaryl/α,β-unsaturated/α-hetero) is 2. The molecule has 0 aliphatic heterocycles. The highest BCUT2D eigenvalue weighted by Crippen LogP contribution is 2.65. The maximum absolute atomic E-state index is 14.5. The van der Waals surface area contributed by atoms with Crippen molar-refractivity contribution in [3.8, 4) is 0 Å². The summed E-state index contributed by atoms with van der Waals surface area (Å²) < 4.78 is 0. The lowest BCUT2D eigenvalue weighted by Crippen LogP contribution is -2.58. The van der Waals surface area contributed by atoms with Crippen molar-refractivity contribution in [2.24, 2.45) is 33.6 Å². The van der Waals surface area contributed by atoms with Gasteiger partial charge < -0.3 is 15.7 Å². The molecule has 2 aromatic carbocycles. The summed E-state index contributed by atoms with van der Waals surface area (Å²) in [6.07, 6.45) is 5.38. The van der Waals surface area contributed by atoms with Crippen LogP contribution in [-0.2, 0) is 11.2 Å². The zero-order valence-corrected chi connectivity index (χ0v) is 26.2. The number of fused-ring (bicyclic) bond motifs is 3. The van der Waals surface area contributed by atoms with E-state index in [1.807, 2.05) is 69.3 Å². The van der Waals surface area contributed by atoms with Gasteiger partial charge >= 0.3 is 0 Å². The number of anilines is 1. The number of aliphatic hydroxyl groups excluding tert-OH is 1. The first-order valence-electron chi connectivity index (χ1n) is 14.9. The van der Waals surface area contributed by atoms with Gasteiger partial charge in [0.15, 0.2) is 11.6 Å². The van der Waals surface area contributed by atoms with Gasteiger partial charge in [-0.25, -0.2) is 0 Å². The monoisotopic (exact) mass is 579 g/mol. The normalized spacial score (nSPS) is 26.8. The molecular formula is C36H41N3O4. The molecular weight excluding hydrogens is 538 g/mol. The molecule has 0 bridgehead atoms. The third-order valence-corrected chi connectivity index (χ3v) is 10.5. The van der Waals surface area contributed by atoms with Crippen LogP contribution in [0.3, 0.4) is 0 Å². The molecule has 7 nitrogen and oxygen atoms in total. The van der Waals surface area contributed by atoms with Gasteiger partial charge in [0.05, 0.1) is 11.0 Å².